The van der Waals surface area contributed by atoms with E-state index in [1.54, 1.807) is 12.1 Å². The molecule has 2 aromatic carbocycles. The summed E-state index contributed by atoms with van der Waals surface area (Å²) in [5.41, 5.74) is 1.73. The van der Waals surface area contributed by atoms with E-state index >= 15 is 0 Å². The number of imide groups is 1. The fourth-order valence-electron chi connectivity index (χ4n) is 4.21. The van der Waals surface area contributed by atoms with Crippen molar-refractivity contribution in [2.24, 2.45) is 0 Å². The zero-order valence-corrected chi connectivity index (χ0v) is 15.8. The van der Waals surface area contributed by atoms with Crippen molar-refractivity contribution in [2.45, 2.75) is 18.9 Å². The molecule has 2 aliphatic rings. The quantitative estimate of drug-likeness (QED) is 0.782. The Kier molecular flexibility index (Phi) is 5.39. The number of hydrogen-bond donors (Lipinski definition) is 1. The molecule has 28 heavy (non-hydrogen) atoms. The van der Waals surface area contributed by atoms with Gasteiger partial charge in [0.15, 0.2) is 6.04 Å². The number of quaternary nitrogens is 1. The highest BCUT2D eigenvalue weighted by Gasteiger charge is 2.45. The van der Waals surface area contributed by atoms with E-state index in [9.17, 15) is 14.0 Å². The van der Waals surface area contributed by atoms with Gasteiger partial charge in [-0.2, -0.15) is 0 Å². The fraction of sp³-hybridized carbons (Fsp3) is 0.364. The van der Waals surface area contributed by atoms with Crippen LogP contribution >= 0.6 is 0 Å². The number of carbonyl (C=O) groups excluding carboxylic acids is 2. The zero-order valence-electron chi connectivity index (χ0n) is 15.8. The molecule has 2 aromatic rings. The average Bonchev–Trinajstić information content (AvgIpc) is 3.01. The lowest BCUT2D eigenvalue weighted by atomic mass is 10.1. The number of nitrogens with one attached hydrogen (secondary N) is 1. The maximum Gasteiger partial charge on any atom is 0.288 e. The number of likely N-dealkylation sites (tertiary alicyclic amines) is 1. The van der Waals surface area contributed by atoms with Gasteiger partial charge in [-0.1, -0.05) is 42.5 Å². The van der Waals surface area contributed by atoms with Crippen LogP contribution in [0.15, 0.2) is 54.6 Å². The standard InChI is InChI=1S/C22H24FN3O2/c23-18-8-4-5-9-19(18)24-12-14-25(15-13-24)20-16-21(27)26(22(20)28)11-10-17-6-2-1-3-7-17/h1-9,20H,10-16H2/p+1/t20-/m0/s1. The van der Waals surface area contributed by atoms with Gasteiger partial charge in [0.05, 0.1) is 38.3 Å². The second kappa shape index (κ2) is 8.10. The number of amides is 2. The van der Waals surface area contributed by atoms with Crippen molar-refractivity contribution in [2.75, 3.05) is 37.6 Å². The lowest BCUT2D eigenvalue weighted by molar-refractivity contribution is -0.915. The molecule has 0 radical (unpaired) electrons. The number of hydrogen-bond acceptors (Lipinski definition) is 3. The number of halogens is 1. The third-order valence-corrected chi connectivity index (χ3v) is 5.80. The van der Waals surface area contributed by atoms with E-state index in [4.69, 9.17) is 0 Å². The van der Waals surface area contributed by atoms with E-state index in [2.05, 4.69) is 0 Å². The van der Waals surface area contributed by atoms with Crippen molar-refractivity contribution in [1.82, 2.24) is 4.90 Å². The molecular weight excluding hydrogens is 357 g/mol. The maximum atomic E-state index is 14.0. The third kappa shape index (κ3) is 3.78. The minimum atomic E-state index is -0.300. The third-order valence-electron chi connectivity index (χ3n) is 5.80. The predicted octanol–water partition coefficient (Wildman–Crippen LogP) is 0.901. The van der Waals surface area contributed by atoms with E-state index in [-0.39, 0.29) is 30.1 Å². The second-order valence-corrected chi connectivity index (χ2v) is 7.47. The number of para-hydroxylation sites is 1. The van der Waals surface area contributed by atoms with E-state index in [0.717, 1.165) is 23.6 Å². The topological polar surface area (TPSA) is 45.1 Å². The molecule has 0 unspecified atom stereocenters. The molecule has 1 N–H and O–H groups in total. The molecular formula is C22H25FN3O2+. The van der Waals surface area contributed by atoms with E-state index in [1.807, 2.05) is 41.3 Å². The van der Waals surface area contributed by atoms with Crippen LogP contribution in [0.4, 0.5) is 10.1 Å². The summed E-state index contributed by atoms with van der Waals surface area (Å²) in [7, 11) is 0. The molecule has 4 rings (SSSR count). The molecule has 0 bridgehead atoms. The van der Waals surface area contributed by atoms with Gasteiger partial charge in [0.2, 0.25) is 5.91 Å². The molecule has 2 heterocycles. The number of benzene rings is 2. The van der Waals surface area contributed by atoms with Gasteiger partial charge in [0, 0.05) is 6.54 Å². The lowest BCUT2D eigenvalue weighted by Gasteiger charge is -2.35. The Morgan fingerprint density at radius 3 is 2.36 bits per heavy atom. The van der Waals surface area contributed by atoms with E-state index < -0.39 is 0 Å². The summed E-state index contributed by atoms with van der Waals surface area (Å²) >= 11 is 0. The minimum Gasteiger partial charge on any atom is -0.358 e. The first-order valence-electron chi connectivity index (χ1n) is 9.85. The first-order valence-corrected chi connectivity index (χ1v) is 9.85. The molecule has 2 aliphatic heterocycles. The zero-order chi connectivity index (χ0) is 19.5. The summed E-state index contributed by atoms with van der Waals surface area (Å²) in [5.74, 6) is -0.351. The van der Waals surface area contributed by atoms with Crippen LogP contribution in [-0.2, 0) is 16.0 Å². The molecule has 0 aliphatic carbocycles. The van der Waals surface area contributed by atoms with Crippen LogP contribution in [0.5, 0.6) is 0 Å². The lowest BCUT2D eigenvalue weighted by Crippen LogP contribution is -3.19. The monoisotopic (exact) mass is 382 g/mol. The van der Waals surface area contributed by atoms with Gasteiger partial charge in [-0.15, -0.1) is 0 Å². The summed E-state index contributed by atoms with van der Waals surface area (Å²) in [4.78, 5) is 29.9. The Bertz CT molecular complexity index is 850. The van der Waals surface area contributed by atoms with E-state index in [0.29, 0.717) is 31.7 Å². The number of rotatable bonds is 5. The highest BCUT2D eigenvalue weighted by atomic mass is 19.1. The summed E-state index contributed by atoms with van der Waals surface area (Å²) in [6, 6.07) is 16.4. The number of carbonyl (C=O) groups is 2. The van der Waals surface area contributed by atoms with Crippen molar-refractivity contribution >= 4 is 17.5 Å². The Balaban J connectivity index is 1.35. The van der Waals surface area contributed by atoms with Gasteiger partial charge in [-0.25, -0.2) is 4.39 Å². The smallest absolute Gasteiger partial charge is 0.288 e. The summed E-state index contributed by atoms with van der Waals surface area (Å²) in [6.45, 7) is 3.25. The number of nitrogens with zero attached hydrogens (tertiary/aromatic N) is 2. The largest absolute Gasteiger partial charge is 0.358 e. The highest BCUT2D eigenvalue weighted by molar-refractivity contribution is 6.04. The van der Waals surface area contributed by atoms with Crippen molar-refractivity contribution < 1.29 is 18.9 Å². The van der Waals surface area contributed by atoms with Gasteiger partial charge in [-0.3, -0.25) is 14.5 Å². The van der Waals surface area contributed by atoms with E-state index in [1.165, 1.54) is 11.0 Å². The van der Waals surface area contributed by atoms with Crippen molar-refractivity contribution in [3.8, 4) is 0 Å². The predicted molar refractivity (Wildman–Crippen MR) is 105 cm³/mol. The normalized spacial score (nSPS) is 20.8. The molecule has 2 amide bonds. The van der Waals surface area contributed by atoms with Crippen molar-refractivity contribution in [1.29, 1.82) is 0 Å². The number of anilines is 1. The number of piperazine rings is 1. The van der Waals surface area contributed by atoms with Crippen molar-refractivity contribution in [3.63, 3.8) is 0 Å². The van der Waals surface area contributed by atoms with Crippen LogP contribution < -0.4 is 9.80 Å². The molecule has 0 spiro atoms. The minimum absolute atomic E-state index is 0.0599. The molecule has 1 atom stereocenters. The van der Waals surface area contributed by atoms with Gasteiger partial charge in [0.25, 0.3) is 5.91 Å². The van der Waals surface area contributed by atoms with Crippen LogP contribution in [-0.4, -0.2) is 55.5 Å². The molecule has 6 heteroatoms. The Morgan fingerprint density at radius 2 is 1.64 bits per heavy atom. The van der Waals surface area contributed by atoms with Gasteiger partial charge in [-0.05, 0) is 24.1 Å². The molecule has 2 saturated heterocycles. The average molecular weight is 382 g/mol. The summed E-state index contributed by atoms with van der Waals surface area (Å²) in [6.07, 6.45) is 0.962. The van der Waals surface area contributed by atoms with Crippen LogP contribution in [0.25, 0.3) is 0 Å². The first-order chi connectivity index (χ1) is 13.6. The first kappa shape index (κ1) is 18.6. The van der Waals surface area contributed by atoms with Crippen LogP contribution in [0, 0.1) is 5.82 Å². The van der Waals surface area contributed by atoms with Crippen LogP contribution in [0.3, 0.4) is 0 Å². The molecule has 146 valence electrons. The van der Waals surface area contributed by atoms with Gasteiger partial charge >= 0.3 is 0 Å². The molecule has 0 saturated carbocycles. The van der Waals surface area contributed by atoms with Gasteiger partial charge in [0.1, 0.15) is 5.82 Å². The summed E-state index contributed by atoms with van der Waals surface area (Å²) < 4.78 is 14.0. The molecule has 5 nitrogen and oxygen atoms in total. The summed E-state index contributed by atoms with van der Waals surface area (Å²) in [5, 5.41) is 0. The van der Waals surface area contributed by atoms with Crippen LogP contribution in [0.2, 0.25) is 0 Å². The second-order valence-electron chi connectivity index (χ2n) is 7.47. The van der Waals surface area contributed by atoms with Gasteiger partial charge < -0.3 is 9.80 Å². The SMILES string of the molecule is O=C1C[C@H]([NH+]2CCN(c3ccccc3F)CC2)C(=O)N1CCc1ccccc1. The highest BCUT2D eigenvalue weighted by Crippen LogP contribution is 2.19. The fourth-order valence-corrected chi connectivity index (χ4v) is 4.21. The Hall–Kier alpha value is -2.73. The Labute approximate surface area is 164 Å². The van der Waals surface area contributed by atoms with Crippen molar-refractivity contribution in [3.05, 3.63) is 66.0 Å². The van der Waals surface area contributed by atoms with Crippen LogP contribution in [0.1, 0.15) is 12.0 Å². The molecule has 2 fully saturated rings. The maximum absolute atomic E-state index is 14.0. The molecule has 0 aromatic heterocycles. The Morgan fingerprint density at radius 1 is 0.964 bits per heavy atom.